The molecular formula is C10H14FNO. The Bertz CT molecular complexity index is 304. The van der Waals surface area contributed by atoms with Gasteiger partial charge in [0.25, 0.3) is 0 Å². The Morgan fingerprint density at radius 3 is 2.31 bits per heavy atom. The maximum absolute atomic E-state index is 13.3. The van der Waals surface area contributed by atoms with E-state index in [2.05, 4.69) is 4.98 Å². The number of methoxy groups -OCH3 is 1. The summed E-state index contributed by atoms with van der Waals surface area (Å²) in [6.45, 7) is 5.83. The van der Waals surface area contributed by atoms with Crippen LogP contribution < -0.4 is 4.74 Å². The SMILES string of the molecule is COc1ccc(C(C)(C)C)c(F)n1. The van der Waals surface area contributed by atoms with Gasteiger partial charge in [0.2, 0.25) is 11.8 Å². The van der Waals surface area contributed by atoms with E-state index in [-0.39, 0.29) is 5.41 Å². The first-order valence-electron chi connectivity index (χ1n) is 4.16. The predicted octanol–water partition coefficient (Wildman–Crippen LogP) is 2.53. The standard InChI is InChI=1S/C10H14FNO/c1-10(2,3)7-5-6-8(13-4)12-9(7)11/h5-6H,1-4H3. The fraction of sp³-hybridized carbons (Fsp3) is 0.500. The lowest BCUT2D eigenvalue weighted by Crippen LogP contribution is -2.14. The summed E-state index contributed by atoms with van der Waals surface area (Å²) in [5, 5.41) is 0. The summed E-state index contributed by atoms with van der Waals surface area (Å²) in [4.78, 5) is 3.67. The maximum atomic E-state index is 13.3. The van der Waals surface area contributed by atoms with Crippen LogP contribution in [0.15, 0.2) is 12.1 Å². The van der Waals surface area contributed by atoms with Gasteiger partial charge in [-0.05, 0) is 11.5 Å². The summed E-state index contributed by atoms with van der Waals surface area (Å²) in [5.41, 5.74) is 0.386. The van der Waals surface area contributed by atoms with Gasteiger partial charge in [0.15, 0.2) is 0 Å². The van der Waals surface area contributed by atoms with Crippen molar-refractivity contribution in [3.05, 3.63) is 23.6 Å². The Morgan fingerprint density at radius 1 is 1.31 bits per heavy atom. The van der Waals surface area contributed by atoms with Crippen molar-refractivity contribution in [3.8, 4) is 5.88 Å². The Balaban J connectivity index is 3.13. The molecule has 0 bridgehead atoms. The molecule has 1 heterocycles. The molecular weight excluding hydrogens is 169 g/mol. The molecule has 0 aromatic carbocycles. The van der Waals surface area contributed by atoms with Gasteiger partial charge in [-0.25, -0.2) is 0 Å². The first kappa shape index (κ1) is 9.96. The van der Waals surface area contributed by atoms with Crippen LogP contribution >= 0.6 is 0 Å². The number of pyridine rings is 1. The molecule has 0 saturated carbocycles. The van der Waals surface area contributed by atoms with E-state index in [9.17, 15) is 4.39 Å². The second kappa shape index (κ2) is 3.32. The Morgan fingerprint density at radius 2 is 1.92 bits per heavy atom. The van der Waals surface area contributed by atoms with Gasteiger partial charge in [-0.15, -0.1) is 0 Å². The predicted molar refractivity (Wildman–Crippen MR) is 49.4 cm³/mol. The number of ether oxygens (including phenoxy) is 1. The summed E-state index contributed by atoms with van der Waals surface area (Å²) < 4.78 is 18.2. The summed E-state index contributed by atoms with van der Waals surface area (Å²) in [5.74, 6) is -0.141. The number of hydrogen-bond acceptors (Lipinski definition) is 2. The van der Waals surface area contributed by atoms with E-state index in [1.54, 1.807) is 12.1 Å². The van der Waals surface area contributed by atoms with Gasteiger partial charge in [-0.1, -0.05) is 20.8 Å². The van der Waals surface area contributed by atoms with Crippen molar-refractivity contribution in [1.82, 2.24) is 4.98 Å². The Kier molecular flexibility index (Phi) is 2.55. The third kappa shape index (κ3) is 2.17. The van der Waals surface area contributed by atoms with E-state index in [0.717, 1.165) is 0 Å². The van der Waals surface area contributed by atoms with E-state index in [4.69, 9.17) is 4.74 Å². The van der Waals surface area contributed by atoms with Crippen molar-refractivity contribution in [2.75, 3.05) is 7.11 Å². The molecule has 0 spiro atoms. The van der Waals surface area contributed by atoms with Gasteiger partial charge in [-0.2, -0.15) is 9.37 Å². The minimum atomic E-state index is -0.452. The molecule has 1 aromatic heterocycles. The largest absolute Gasteiger partial charge is 0.481 e. The van der Waals surface area contributed by atoms with Crippen LogP contribution in [0.3, 0.4) is 0 Å². The third-order valence-corrected chi connectivity index (χ3v) is 1.84. The normalized spacial score (nSPS) is 11.5. The smallest absolute Gasteiger partial charge is 0.219 e. The van der Waals surface area contributed by atoms with Crippen LogP contribution in [-0.4, -0.2) is 12.1 Å². The zero-order chi connectivity index (χ0) is 10.1. The highest BCUT2D eigenvalue weighted by molar-refractivity contribution is 5.25. The van der Waals surface area contributed by atoms with Crippen molar-refractivity contribution in [2.45, 2.75) is 26.2 Å². The number of aromatic nitrogens is 1. The zero-order valence-electron chi connectivity index (χ0n) is 8.39. The second-order valence-electron chi connectivity index (χ2n) is 3.94. The lowest BCUT2D eigenvalue weighted by atomic mass is 9.88. The van der Waals surface area contributed by atoms with E-state index in [1.165, 1.54) is 7.11 Å². The molecule has 13 heavy (non-hydrogen) atoms. The fourth-order valence-electron chi connectivity index (χ4n) is 1.09. The summed E-state index contributed by atoms with van der Waals surface area (Å²) >= 11 is 0. The molecule has 0 fully saturated rings. The van der Waals surface area contributed by atoms with Crippen LogP contribution in [0, 0.1) is 5.95 Å². The van der Waals surface area contributed by atoms with Gasteiger partial charge >= 0.3 is 0 Å². The van der Waals surface area contributed by atoms with Crippen molar-refractivity contribution in [1.29, 1.82) is 0 Å². The lowest BCUT2D eigenvalue weighted by Gasteiger charge is -2.18. The topological polar surface area (TPSA) is 22.1 Å². The fourth-order valence-corrected chi connectivity index (χ4v) is 1.09. The van der Waals surface area contributed by atoms with Crippen LogP contribution in [0.4, 0.5) is 4.39 Å². The highest BCUT2D eigenvalue weighted by Crippen LogP contribution is 2.25. The molecule has 0 aliphatic rings. The summed E-state index contributed by atoms with van der Waals surface area (Å²) in [6, 6.07) is 3.38. The van der Waals surface area contributed by atoms with Gasteiger partial charge in [0.1, 0.15) is 0 Å². The summed E-state index contributed by atoms with van der Waals surface area (Å²) in [6.07, 6.45) is 0. The molecule has 2 nitrogen and oxygen atoms in total. The van der Waals surface area contributed by atoms with Crippen LogP contribution in [-0.2, 0) is 5.41 Å². The van der Waals surface area contributed by atoms with Crippen molar-refractivity contribution in [3.63, 3.8) is 0 Å². The average molecular weight is 183 g/mol. The second-order valence-corrected chi connectivity index (χ2v) is 3.94. The molecule has 0 aliphatic heterocycles. The Labute approximate surface area is 77.8 Å². The van der Waals surface area contributed by atoms with Crippen LogP contribution in [0.2, 0.25) is 0 Å². The molecule has 0 radical (unpaired) electrons. The van der Waals surface area contributed by atoms with E-state index in [0.29, 0.717) is 11.4 Å². The minimum Gasteiger partial charge on any atom is -0.481 e. The van der Waals surface area contributed by atoms with Gasteiger partial charge in [0.05, 0.1) is 7.11 Å². The molecule has 0 N–H and O–H groups in total. The monoisotopic (exact) mass is 183 g/mol. The van der Waals surface area contributed by atoms with Crippen molar-refractivity contribution < 1.29 is 9.13 Å². The molecule has 3 heteroatoms. The van der Waals surface area contributed by atoms with E-state index >= 15 is 0 Å². The molecule has 1 rings (SSSR count). The van der Waals surface area contributed by atoms with Crippen molar-refractivity contribution >= 4 is 0 Å². The summed E-state index contributed by atoms with van der Waals surface area (Å²) in [7, 11) is 1.47. The molecule has 72 valence electrons. The van der Waals surface area contributed by atoms with Crippen LogP contribution in [0.1, 0.15) is 26.3 Å². The quantitative estimate of drug-likeness (QED) is 0.624. The van der Waals surface area contributed by atoms with E-state index < -0.39 is 5.95 Å². The number of hydrogen-bond donors (Lipinski definition) is 0. The van der Waals surface area contributed by atoms with Gasteiger partial charge in [-0.3, -0.25) is 0 Å². The molecule has 1 aromatic rings. The van der Waals surface area contributed by atoms with Crippen LogP contribution in [0.25, 0.3) is 0 Å². The van der Waals surface area contributed by atoms with Crippen LogP contribution in [0.5, 0.6) is 5.88 Å². The number of nitrogens with zero attached hydrogens (tertiary/aromatic N) is 1. The number of halogens is 1. The molecule has 0 amide bonds. The molecule has 0 aliphatic carbocycles. The highest BCUT2D eigenvalue weighted by atomic mass is 19.1. The van der Waals surface area contributed by atoms with Gasteiger partial charge < -0.3 is 4.74 Å². The first-order chi connectivity index (χ1) is 5.95. The first-order valence-corrected chi connectivity index (χ1v) is 4.16. The highest BCUT2D eigenvalue weighted by Gasteiger charge is 2.19. The molecule has 0 saturated heterocycles. The minimum absolute atomic E-state index is 0.219. The third-order valence-electron chi connectivity index (χ3n) is 1.84. The van der Waals surface area contributed by atoms with E-state index in [1.807, 2.05) is 20.8 Å². The van der Waals surface area contributed by atoms with Gasteiger partial charge in [0, 0.05) is 11.6 Å². The zero-order valence-corrected chi connectivity index (χ0v) is 8.39. The van der Waals surface area contributed by atoms with Crippen molar-refractivity contribution in [2.24, 2.45) is 0 Å². The maximum Gasteiger partial charge on any atom is 0.219 e. The molecule has 0 unspecified atom stereocenters. The number of rotatable bonds is 1. The molecule has 0 atom stereocenters. The Hall–Kier alpha value is -1.12. The average Bonchev–Trinajstić information content (AvgIpc) is 2.01. The lowest BCUT2D eigenvalue weighted by molar-refractivity contribution is 0.382.